The van der Waals surface area contributed by atoms with Crippen molar-refractivity contribution in [3.05, 3.63) is 60.7 Å². The van der Waals surface area contributed by atoms with E-state index in [9.17, 15) is 4.79 Å². The molecule has 5 nitrogen and oxygen atoms in total. The Morgan fingerprint density at radius 1 is 1.00 bits per heavy atom. The minimum Gasteiger partial charge on any atom is -0.484 e. The Morgan fingerprint density at radius 2 is 1.68 bits per heavy atom. The van der Waals surface area contributed by atoms with Crippen LogP contribution in [0.2, 0.25) is 0 Å². The van der Waals surface area contributed by atoms with Gasteiger partial charge in [-0.05, 0) is 12.1 Å². The second-order valence-corrected chi connectivity index (χ2v) is 5.41. The molecule has 22 heavy (non-hydrogen) atoms. The summed E-state index contributed by atoms with van der Waals surface area (Å²) in [5.74, 6) is 0.388. The number of carbonyl (C=O) groups is 1. The molecule has 0 unspecified atom stereocenters. The van der Waals surface area contributed by atoms with Gasteiger partial charge in [0.15, 0.2) is 6.61 Å². The Hall–Kier alpha value is -2.73. The van der Waals surface area contributed by atoms with E-state index < -0.39 is 0 Å². The first-order chi connectivity index (χ1) is 10.8. The molecule has 1 N–H and O–H groups in total. The van der Waals surface area contributed by atoms with E-state index in [0.29, 0.717) is 10.9 Å². The number of anilines is 1. The normalized spacial score (nSPS) is 10.2. The number of aromatic nitrogens is 2. The fourth-order valence-electron chi connectivity index (χ4n) is 1.79. The van der Waals surface area contributed by atoms with Crippen molar-refractivity contribution in [2.24, 2.45) is 0 Å². The van der Waals surface area contributed by atoms with E-state index in [0.717, 1.165) is 10.6 Å². The molecule has 0 fully saturated rings. The highest BCUT2D eigenvalue weighted by atomic mass is 32.1. The molecular weight excluding hydrogens is 298 g/mol. The third-order valence-corrected chi connectivity index (χ3v) is 3.69. The monoisotopic (exact) mass is 311 g/mol. The predicted octanol–water partition coefficient (Wildman–Crippen LogP) is 3.22. The van der Waals surface area contributed by atoms with E-state index in [1.165, 1.54) is 11.3 Å². The first-order valence-electron chi connectivity index (χ1n) is 6.68. The van der Waals surface area contributed by atoms with Gasteiger partial charge >= 0.3 is 0 Å². The molecule has 0 saturated heterocycles. The fourth-order valence-corrected chi connectivity index (χ4v) is 2.56. The highest BCUT2D eigenvalue weighted by Crippen LogP contribution is 2.25. The SMILES string of the molecule is O=C(COc1ccccc1)Nc1nnc(-c2ccccc2)s1. The molecule has 0 aliphatic heterocycles. The van der Waals surface area contributed by atoms with Gasteiger partial charge < -0.3 is 4.74 Å². The number of rotatable bonds is 5. The standard InChI is InChI=1S/C16H13N3O2S/c20-14(11-21-13-9-5-2-6-10-13)17-16-19-18-15(22-16)12-7-3-1-4-8-12/h1-10H,11H2,(H,17,19,20). The highest BCUT2D eigenvalue weighted by molar-refractivity contribution is 7.18. The summed E-state index contributed by atoms with van der Waals surface area (Å²) in [5, 5.41) is 11.9. The van der Waals surface area contributed by atoms with Crippen LogP contribution in [0.1, 0.15) is 0 Å². The van der Waals surface area contributed by atoms with Crippen LogP contribution in [-0.4, -0.2) is 22.7 Å². The summed E-state index contributed by atoms with van der Waals surface area (Å²) in [6.45, 7) is -0.0652. The lowest BCUT2D eigenvalue weighted by Crippen LogP contribution is -2.20. The van der Waals surface area contributed by atoms with Crippen molar-refractivity contribution < 1.29 is 9.53 Å². The second-order valence-electron chi connectivity index (χ2n) is 4.43. The predicted molar refractivity (Wildman–Crippen MR) is 85.9 cm³/mol. The lowest BCUT2D eigenvalue weighted by molar-refractivity contribution is -0.118. The number of benzene rings is 2. The van der Waals surface area contributed by atoms with E-state index in [1.54, 1.807) is 12.1 Å². The molecule has 3 rings (SSSR count). The molecule has 1 amide bonds. The van der Waals surface area contributed by atoms with E-state index >= 15 is 0 Å². The van der Waals surface area contributed by atoms with Crippen molar-refractivity contribution in [1.29, 1.82) is 0 Å². The number of hydrogen-bond donors (Lipinski definition) is 1. The van der Waals surface area contributed by atoms with E-state index in [2.05, 4.69) is 15.5 Å². The maximum Gasteiger partial charge on any atom is 0.264 e. The summed E-state index contributed by atoms with van der Waals surface area (Å²) >= 11 is 1.33. The zero-order chi connectivity index (χ0) is 15.2. The van der Waals surface area contributed by atoms with Gasteiger partial charge in [-0.25, -0.2) is 0 Å². The molecule has 0 bridgehead atoms. The largest absolute Gasteiger partial charge is 0.484 e. The molecule has 3 aromatic rings. The Morgan fingerprint density at radius 3 is 2.41 bits per heavy atom. The van der Waals surface area contributed by atoms with Gasteiger partial charge in [-0.1, -0.05) is 59.9 Å². The molecule has 0 saturated carbocycles. The van der Waals surface area contributed by atoms with Crippen LogP contribution in [0.15, 0.2) is 60.7 Å². The van der Waals surface area contributed by atoms with Gasteiger partial charge in [0.2, 0.25) is 5.13 Å². The van der Waals surface area contributed by atoms with Crippen LogP contribution in [-0.2, 0) is 4.79 Å². The van der Waals surface area contributed by atoms with Crippen molar-refractivity contribution in [2.45, 2.75) is 0 Å². The second kappa shape index (κ2) is 6.82. The van der Waals surface area contributed by atoms with Gasteiger partial charge in [0.25, 0.3) is 5.91 Å². The van der Waals surface area contributed by atoms with Crippen LogP contribution in [0, 0.1) is 0 Å². The Kier molecular flexibility index (Phi) is 4.41. The van der Waals surface area contributed by atoms with Crippen molar-refractivity contribution in [3.63, 3.8) is 0 Å². The van der Waals surface area contributed by atoms with Crippen LogP contribution in [0.3, 0.4) is 0 Å². The van der Waals surface area contributed by atoms with Gasteiger partial charge in [0.1, 0.15) is 10.8 Å². The van der Waals surface area contributed by atoms with Crippen LogP contribution < -0.4 is 10.1 Å². The lowest BCUT2D eigenvalue weighted by Gasteiger charge is -2.04. The van der Waals surface area contributed by atoms with Crippen molar-refractivity contribution in [2.75, 3.05) is 11.9 Å². The number of para-hydroxylation sites is 1. The van der Waals surface area contributed by atoms with Crippen LogP contribution >= 0.6 is 11.3 Å². The third-order valence-electron chi connectivity index (χ3n) is 2.81. The van der Waals surface area contributed by atoms with E-state index in [4.69, 9.17) is 4.74 Å². The zero-order valence-corrected chi connectivity index (χ0v) is 12.4. The molecule has 1 heterocycles. The fraction of sp³-hybridized carbons (Fsp3) is 0.0625. The number of nitrogens with zero attached hydrogens (tertiary/aromatic N) is 2. The molecule has 0 spiro atoms. The summed E-state index contributed by atoms with van der Waals surface area (Å²) in [6.07, 6.45) is 0. The molecule has 2 aromatic carbocycles. The van der Waals surface area contributed by atoms with Crippen molar-refractivity contribution >= 4 is 22.4 Å². The summed E-state index contributed by atoms with van der Waals surface area (Å²) in [4.78, 5) is 11.8. The van der Waals surface area contributed by atoms with Gasteiger partial charge in [-0.15, -0.1) is 10.2 Å². The smallest absolute Gasteiger partial charge is 0.264 e. The Bertz CT molecular complexity index is 744. The first-order valence-corrected chi connectivity index (χ1v) is 7.49. The van der Waals surface area contributed by atoms with Crippen molar-refractivity contribution in [3.8, 4) is 16.3 Å². The molecular formula is C16H13N3O2S. The highest BCUT2D eigenvalue weighted by Gasteiger charge is 2.09. The van der Waals surface area contributed by atoms with Crippen LogP contribution in [0.25, 0.3) is 10.6 Å². The van der Waals surface area contributed by atoms with Gasteiger partial charge in [0, 0.05) is 5.56 Å². The Balaban J connectivity index is 1.57. The van der Waals surface area contributed by atoms with E-state index in [-0.39, 0.29) is 12.5 Å². The van der Waals surface area contributed by atoms with Crippen LogP contribution in [0.5, 0.6) is 5.75 Å². The average Bonchev–Trinajstić information content (AvgIpc) is 3.03. The zero-order valence-electron chi connectivity index (χ0n) is 11.6. The molecule has 1 aromatic heterocycles. The molecule has 6 heteroatoms. The summed E-state index contributed by atoms with van der Waals surface area (Å²) in [6, 6.07) is 18.9. The number of amides is 1. The molecule has 0 aliphatic carbocycles. The van der Waals surface area contributed by atoms with Gasteiger partial charge in [-0.3, -0.25) is 10.1 Å². The number of carbonyl (C=O) groups excluding carboxylic acids is 1. The summed E-state index contributed by atoms with van der Waals surface area (Å²) < 4.78 is 5.38. The lowest BCUT2D eigenvalue weighted by atomic mass is 10.2. The van der Waals surface area contributed by atoms with Crippen LogP contribution in [0.4, 0.5) is 5.13 Å². The summed E-state index contributed by atoms with van der Waals surface area (Å²) in [5.41, 5.74) is 0.973. The molecule has 0 aliphatic rings. The van der Waals surface area contributed by atoms with Gasteiger partial charge in [-0.2, -0.15) is 0 Å². The number of hydrogen-bond acceptors (Lipinski definition) is 5. The third kappa shape index (κ3) is 3.67. The maximum absolute atomic E-state index is 11.8. The minimum atomic E-state index is -0.264. The van der Waals surface area contributed by atoms with Crippen molar-refractivity contribution in [1.82, 2.24) is 10.2 Å². The first kappa shape index (κ1) is 14.2. The molecule has 0 radical (unpaired) electrons. The van der Waals surface area contributed by atoms with E-state index in [1.807, 2.05) is 48.5 Å². The summed E-state index contributed by atoms with van der Waals surface area (Å²) in [7, 11) is 0. The topological polar surface area (TPSA) is 64.1 Å². The van der Waals surface area contributed by atoms with Gasteiger partial charge in [0.05, 0.1) is 0 Å². The number of ether oxygens (including phenoxy) is 1. The Labute approximate surface area is 131 Å². The minimum absolute atomic E-state index is 0.0652. The molecule has 0 atom stereocenters. The maximum atomic E-state index is 11.8. The average molecular weight is 311 g/mol. The molecule has 110 valence electrons. The number of nitrogens with one attached hydrogen (secondary N) is 1. The quantitative estimate of drug-likeness (QED) is 0.786.